The molecular weight excluding hydrogens is 412 g/mol. The van der Waals surface area contributed by atoms with E-state index in [9.17, 15) is 8.42 Å². The number of hydrogen-bond donors (Lipinski definition) is 0. The summed E-state index contributed by atoms with van der Waals surface area (Å²) in [6.07, 6.45) is 5.25. The molecule has 1 aromatic carbocycles. The molecule has 158 valence electrons. The van der Waals surface area contributed by atoms with E-state index in [1.54, 1.807) is 51.7 Å². The third-order valence-corrected chi connectivity index (χ3v) is 7.50. The van der Waals surface area contributed by atoms with Crippen molar-refractivity contribution in [2.24, 2.45) is 0 Å². The topological polar surface area (TPSA) is 83.7 Å². The van der Waals surface area contributed by atoms with Crippen LogP contribution in [0.3, 0.4) is 0 Å². The van der Waals surface area contributed by atoms with Crippen molar-refractivity contribution in [1.82, 2.24) is 28.8 Å². The van der Waals surface area contributed by atoms with E-state index < -0.39 is 10.0 Å². The summed E-state index contributed by atoms with van der Waals surface area (Å²) in [4.78, 5) is 10.9. The van der Waals surface area contributed by atoms with E-state index in [0.717, 1.165) is 41.3 Å². The molecule has 0 atom stereocenters. The van der Waals surface area contributed by atoms with Gasteiger partial charge in [0.15, 0.2) is 5.65 Å². The van der Waals surface area contributed by atoms with E-state index in [2.05, 4.69) is 14.9 Å². The minimum atomic E-state index is -3.49. The number of sulfonamides is 1. The van der Waals surface area contributed by atoms with Crippen LogP contribution in [0.5, 0.6) is 0 Å². The number of imidazole rings is 1. The molecule has 0 unspecified atom stereocenters. The lowest BCUT2D eigenvalue weighted by atomic mass is 10.1. The molecule has 0 bridgehead atoms. The Hall–Kier alpha value is -3.14. The van der Waals surface area contributed by atoms with Crippen LogP contribution < -0.4 is 0 Å². The van der Waals surface area contributed by atoms with Crippen LogP contribution in [0.4, 0.5) is 0 Å². The van der Waals surface area contributed by atoms with Crippen molar-refractivity contribution in [2.45, 2.75) is 4.90 Å². The van der Waals surface area contributed by atoms with Gasteiger partial charge in [0.25, 0.3) is 0 Å². The number of nitrogens with zero attached hydrogens (tertiary/aromatic N) is 6. The van der Waals surface area contributed by atoms with E-state index in [1.165, 1.54) is 0 Å². The summed E-state index contributed by atoms with van der Waals surface area (Å²) in [6, 6.07) is 14.6. The van der Waals surface area contributed by atoms with Crippen LogP contribution in [0.2, 0.25) is 0 Å². The zero-order valence-corrected chi connectivity index (χ0v) is 17.9. The highest BCUT2D eigenvalue weighted by molar-refractivity contribution is 7.89. The van der Waals surface area contributed by atoms with Crippen molar-refractivity contribution in [3.05, 3.63) is 67.1 Å². The Balaban J connectivity index is 1.46. The zero-order chi connectivity index (χ0) is 21.4. The second-order valence-electron chi connectivity index (χ2n) is 7.60. The average Bonchev–Trinajstić information content (AvgIpc) is 3.23. The molecule has 9 heteroatoms. The molecule has 0 amide bonds. The van der Waals surface area contributed by atoms with Gasteiger partial charge in [-0.1, -0.05) is 12.1 Å². The Labute approximate surface area is 180 Å². The van der Waals surface area contributed by atoms with Gasteiger partial charge in [0.05, 0.1) is 22.5 Å². The fourth-order valence-corrected chi connectivity index (χ4v) is 5.14. The van der Waals surface area contributed by atoms with Gasteiger partial charge in [-0.25, -0.2) is 17.9 Å². The molecular formula is C22H22N6O2S. The van der Waals surface area contributed by atoms with Crippen LogP contribution in [0.1, 0.15) is 0 Å². The normalized spacial score (nSPS) is 16.0. The van der Waals surface area contributed by atoms with Gasteiger partial charge in [0.2, 0.25) is 10.0 Å². The van der Waals surface area contributed by atoms with Gasteiger partial charge in [0, 0.05) is 49.7 Å². The van der Waals surface area contributed by atoms with E-state index in [-0.39, 0.29) is 0 Å². The fraction of sp³-hybridized carbons (Fsp3) is 0.227. The van der Waals surface area contributed by atoms with Gasteiger partial charge in [-0.2, -0.15) is 9.40 Å². The molecule has 8 nitrogen and oxygen atoms in total. The maximum absolute atomic E-state index is 13.0. The van der Waals surface area contributed by atoms with Gasteiger partial charge in [0.1, 0.15) is 0 Å². The second-order valence-corrected chi connectivity index (χ2v) is 9.54. The maximum atomic E-state index is 13.0. The number of rotatable bonds is 4. The minimum absolute atomic E-state index is 0.307. The Bertz CT molecular complexity index is 1310. The first-order valence-corrected chi connectivity index (χ1v) is 11.5. The fourth-order valence-electron chi connectivity index (χ4n) is 3.72. The van der Waals surface area contributed by atoms with Gasteiger partial charge in [-0.05, 0) is 43.4 Å². The molecule has 0 saturated carbocycles. The smallest absolute Gasteiger partial charge is 0.243 e. The van der Waals surface area contributed by atoms with Crippen LogP contribution >= 0.6 is 0 Å². The largest absolute Gasteiger partial charge is 0.304 e. The highest BCUT2D eigenvalue weighted by atomic mass is 32.2. The van der Waals surface area contributed by atoms with E-state index >= 15 is 0 Å². The number of likely N-dealkylation sites (N-methyl/N-ethyl adjacent to an activating group) is 1. The van der Waals surface area contributed by atoms with E-state index in [4.69, 9.17) is 5.10 Å². The predicted molar refractivity (Wildman–Crippen MR) is 118 cm³/mol. The third kappa shape index (κ3) is 3.71. The van der Waals surface area contributed by atoms with Crippen LogP contribution in [0.25, 0.3) is 28.2 Å². The lowest BCUT2D eigenvalue weighted by molar-refractivity contribution is 0.222. The van der Waals surface area contributed by atoms with Gasteiger partial charge in [-0.3, -0.25) is 4.98 Å². The minimum Gasteiger partial charge on any atom is -0.304 e. The molecule has 4 aromatic rings. The van der Waals surface area contributed by atoms with Gasteiger partial charge in [-0.15, -0.1) is 0 Å². The van der Waals surface area contributed by atoms with Crippen LogP contribution in [-0.4, -0.2) is 70.4 Å². The SMILES string of the molecule is CN1CCN(S(=O)(=O)c2ccc(-c3ccc4ncc(-c5ccncc5)n4n3)cc2)CC1. The monoisotopic (exact) mass is 434 g/mol. The predicted octanol–water partition coefficient (Wildman–Crippen LogP) is 2.39. The van der Waals surface area contributed by atoms with Crippen LogP contribution in [0.15, 0.2) is 72.0 Å². The van der Waals surface area contributed by atoms with Crippen molar-refractivity contribution in [1.29, 1.82) is 0 Å². The molecule has 0 N–H and O–H groups in total. The number of pyridine rings is 1. The first kappa shape index (κ1) is 19.8. The molecule has 3 aromatic heterocycles. The summed E-state index contributed by atoms with van der Waals surface area (Å²) in [5.41, 5.74) is 4.16. The molecule has 0 spiro atoms. The first-order valence-electron chi connectivity index (χ1n) is 10.1. The Morgan fingerprint density at radius 3 is 2.26 bits per heavy atom. The molecule has 0 aliphatic carbocycles. The lowest BCUT2D eigenvalue weighted by Gasteiger charge is -2.31. The summed E-state index contributed by atoms with van der Waals surface area (Å²) in [5.74, 6) is 0. The summed E-state index contributed by atoms with van der Waals surface area (Å²) in [7, 11) is -1.48. The molecule has 1 aliphatic rings. The molecule has 1 aliphatic heterocycles. The molecule has 1 saturated heterocycles. The van der Waals surface area contributed by atoms with Crippen molar-refractivity contribution in [2.75, 3.05) is 33.2 Å². The Morgan fingerprint density at radius 2 is 1.55 bits per heavy atom. The number of hydrogen-bond acceptors (Lipinski definition) is 6. The van der Waals surface area contributed by atoms with E-state index in [1.807, 2.05) is 31.3 Å². The van der Waals surface area contributed by atoms with E-state index in [0.29, 0.717) is 18.0 Å². The Kier molecular flexibility index (Phi) is 5.01. The average molecular weight is 435 g/mol. The summed E-state index contributed by atoms with van der Waals surface area (Å²) >= 11 is 0. The van der Waals surface area contributed by atoms with Crippen molar-refractivity contribution >= 4 is 15.7 Å². The third-order valence-electron chi connectivity index (χ3n) is 5.59. The molecule has 31 heavy (non-hydrogen) atoms. The highest BCUT2D eigenvalue weighted by Gasteiger charge is 2.27. The summed E-state index contributed by atoms with van der Waals surface area (Å²) in [6.45, 7) is 2.51. The van der Waals surface area contributed by atoms with Crippen molar-refractivity contribution in [3.8, 4) is 22.5 Å². The molecule has 1 fully saturated rings. The van der Waals surface area contributed by atoms with Crippen molar-refractivity contribution < 1.29 is 8.42 Å². The van der Waals surface area contributed by atoms with Crippen LogP contribution in [-0.2, 0) is 10.0 Å². The standard InChI is InChI=1S/C22H22N6O2S/c1-26-12-14-27(15-13-26)31(29,30)19-4-2-17(3-5-19)20-6-7-22-24-16-21(28(22)25-20)18-8-10-23-11-9-18/h2-11,16H,12-15H2,1H3. The molecule has 5 rings (SSSR count). The highest BCUT2D eigenvalue weighted by Crippen LogP contribution is 2.25. The quantitative estimate of drug-likeness (QED) is 0.490. The number of benzene rings is 1. The van der Waals surface area contributed by atoms with Gasteiger partial charge < -0.3 is 4.90 Å². The molecule has 0 radical (unpaired) electrons. The maximum Gasteiger partial charge on any atom is 0.243 e. The zero-order valence-electron chi connectivity index (χ0n) is 17.1. The van der Waals surface area contributed by atoms with Crippen LogP contribution in [0, 0.1) is 0 Å². The van der Waals surface area contributed by atoms with Gasteiger partial charge >= 0.3 is 0 Å². The summed E-state index contributed by atoms with van der Waals surface area (Å²) < 4.78 is 29.3. The number of aromatic nitrogens is 4. The first-order chi connectivity index (χ1) is 15.0. The summed E-state index contributed by atoms with van der Waals surface area (Å²) in [5, 5.41) is 4.74. The van der Waals surface area contributed by atoms with Crippen molar-refractivity contribution in [3.63, 3.8) is 0 Å². The number of fused-ring (bicyclic) bond motifs is 1. The number of piperazine rings is 1. The Morgan fingerprint density at radius 1 is 0.839 bits per heavy atom. The second kappa shape index (κ2) is 7.84. The molecule has 4 heterocycles. The lowest BCUT2D eigenvalue weighted by Crippen LogP contribution is -2.46.